The SMILES string of the molecule is CCOc1nc2ccc(OC)cc2nc1NC(=O)NC1CCN(Cc2ccccc2)CC1. The molecule has 2 aromatic carbocycles. The van der Waals surface area contributed by atoms with Gasteiger partial charge >= 0.3 is 6.03 Å². The van der Waals surface area contributed by atoms with Gasteiger partial charge in [0.05, 0.1) is 24.8 Å². The molecule has 0 radical (unpaired) electrons. The molecule has 0 bridgehead atoms. The van der Waals surface area contributed by atoms with Gasteiger partial charge in [-0.05, 0) is 37.5 Å². The zero-order valence-corrected chi connectivity index (χ0v) is 18.5. The van der Waals surface area contributed by atoms with E-state index >= 15 is 0 Å². The van der Waals surface area contributed by atoms with Crippen LogP contribution < -0.4 is 20.1 Å². The molecule has 0 aliphatic carbocycles. The lowest BCUT2D eigenvalue weighted by Gasteiger charge is -2.32. The first-order valence-electron chi connectivity index (χ1n) is 11.0. The smallest absolute Gasteiger partial charge is 0.320 e. The zero-order valence-electron chi connectivity index (χ0n) is 18.5. The Kier molecular flexibility index (Phi) is 7.01. The minimum absolute atomic E-state index is 0.117. The van der Waals surface area contributed by atoms with Crippen molar-refractivity contribution in [2.45, 2.75) is 32.4 Å². The minimum atomic E-state index is -0.302. The molecule has 168 valence electrons. The molecule has 8 heteroatoms. The number of hydrogen-bond donors (Lipinski definition) is 2. The summed E-state index contributed by atoms with van der Waals surface area (Å²) in [5, 5.41) is 5.89. The summed E-state index contributed by atoms with van der Waals surface area (Å²) in [4.78, 5) is 24.1. The number of methoxy groups -OCH3 is 1. The summed E-state index contributed by atoms with van der Waals surface area (Å²) in [5.74, 6) is 1.28. The number of likely N-dealkylation sites (tertiary alicyclic amines) is 1. The zero-order chi connectivity index (χ0) is 22.3. The number of hydrogen-bond acceptors (Lipinski definition) is 6. The Morgan fingerprint density at radius 3 is 2.59 bits per heavy atom. The summed E-state index contributed by atoms with van der Waals surface area (Å²) in [6, 6.07) is 15.7. The first kappa shape index (κ1) is 21.8. The Balaban J connectivity index is 1.36. The van der Waals surface area contributed by atoms with Crippen molar-refractivity contribution in [2.24, 2.45) is 0 Å². The molecular weight excluding hydrogens is 406 g/mol. The molecular formula is C24H29N5O3. The third-order valence-electron chi connectivity index (χ3n) is 5.52. The average molecular weight is 436 g/mol. The largest absolute Gasteiger partial charge is 0.497 e. The molecule has 2 N–H and O–H groups in total. The third kappa shape index (κ3) is 5.45. The molecule has 1 aliphatic heterocycles. The van der Waals surface area contributed by atoms with Crippen LogP contribution in [0.5, 0.6) is 11.6 Å². The van der Waals surface area contributed by atoms with E-state index in [4.69, 9.17) is 9.47 Å². The quantitative estimate of drug-likeness (QED) is 0.587. The Morgan fingerprint density at radius 1 is 1.09 bits per heavy atom. The second-order valence-electron chi connectivity index (χ2n) is 7.80. The highest BCUT2D eigenvalue weighted by Gasteiger charge is 2.22. The molecule has 3 aromatic rings. The summed E-state index contributed by atoms with van der Waals surface area (Å²) in [6.45, 7) is 5.12. The van der Waals surface area contributed by atoms with E-state index in [1.165, 1.54) is 5.56 Å². The third-order valence-corrected chi connectivity index (χ3v) is 5.52. The van der Waals surface area contributed by atoms with Crippen LogP contribution in [0, 0.1) is 0 Å². The van der Waals surface area contributed by atoms with E-state index in [0.717, 1.165) is 32.5 Å². The number of fused-ring (bicyclic) bond motifs is 1. The predicted octanol–water partition coefficient (Wildman–Crippen LogP) is 3.82. The van der Waals surface area contributed by atoms with Crippen molar-refractivity contribution in [1.29, 1.82) is 0 Å². The molecule has 8 nitrogen and oxygen atoms in total. The Morgan fingerprint density at radius 2 is 1.88 bits per heavy atom. The van der Waals surface area contributed by atoms with E-state index in [2.05, 4.69) is 49.8 Å². The molecule has 1 fully saturated rings. The van der Waals surface area contributed by atoms with Gasteiger partial charge in [0.2, 0.25) is 0 Å². The second kappa shape index (κ2) is 10.3. The van der Waals surface area contributed by atoms with Crippen LogP contribution in [0.15, 0.2) is 48.5 Å². The van der Waals surface area contributed by atoms with Crippen molar-refractivity contribution < 1.29 is 14.3 Å². The molecule has 1 aliphatic rings. The van der Waals surface area contributed by atoms with Crippen LogP contribution in [-0.2, 0) is 6.54 Å². The predicted molar refractivity (Wildman–Crippen MR) is 124 cm³/mol. The van der Waals surface area contributed by atoms with E-state index in [0.29, 0.717) is 35.1 Å². The topological polar surface area (TPSA) is 88.6 Å². The maximum atomic E-state index is 12.7. The van der Waals surface area contributed by atoms with E-state index < -0.39 is 0 Å². The molecule has 32 heavy (non-hydrogen) atoms. The van der Waals surface area contributed by atoms with Crippen LogP contribution in [0.2, 0.25) is 0 Å². The summed E-state index contributed by atoms with van der Waals surface area (Å²) < 4.78 is 10.9. The maximum Gasteiger partial charge on any atom is 0.320 e. The highest BCUT2D eigenvalue weighted by molar-refractivity contribution is 5.91. The number of nitrogens with one attached hydrogen (secondary N) is 2. The van der Waals surface area contributed by atoms with Crippen LogP contribution in [0.3, 0.4) is 0 Å². The molecule has 0 atom stereocenters. The van der Waals surface area contributed by atoms with E-state index in [9.17, 15) is 4.79 Å². The van der Waals surface area contributed by atoms with Gasteiger partial charge in [0.1, 0.15) is 5.75 Å². The van der Waals surface area contributed by atoms with Crippen molar-refractivity contribution in [3.63, 3.8) is 0 Å². The van der Waals surface area contributed by atoms with Gasteiger partial charge < -0.3 is 14.8 Å². The number of benzene rings is 2. The van der Waals surface area contributed by atoms with Gasteiger partial charge in [-0.2, -0.15) is 0 Å². The van der Waals surface area contributed by atoms with Crippen molar-refractivity contribution in [3.8, 4) is 11.6 Å². The van der Waals surface area contributed by atoms with Gasteiger partial charge in [0, 0.05) is 31.7 Å². The number of piperidine rings is 1. The van der Waals surface area contributed by atoms with Gasteiger partial charge in [-0.1, -0.05) is 30.3 Å². The molecule has 2 amide bonds. The number of amides is 2. The second-order valence-corrected chi connectivity index (χ2v) is 7.80. The molecule has 0 unspecified atom stereocenters. The van der Waals surface area contributed by atoms with E-state index in [1.54, 1.807) is 13.2 Å². The van der Waals surface area contributed by atoms with Gasteiger partial charge in [-0.3, -0.25) is 10.2 Å². The number of carbonyl (C=O) groups is 1. The number of urea groups is 1. The molecule has 1 aromatic heterocycles. The van der Waals surface area contributed by atoms with Crippen molar-refractivity contribution in [2.75, 3.05) is 32.1 Å². The van der Waals surface area contributed by atoms with Crippen molar-refractivity contribution in [1.82, 2.24) is 20.2 Å². The Hall–Kier alpha value is -3.39. The maximum absolute atomic E-state index is 12.7. The molecule has 4 rings (SSSR count). The highest BCUT2D eigenvalue weighted by atomic mass is 16.5. The minimum Gasteiger partial charge on any atom is -0.497 e. The van der Waals surface area contributed by atoms with Crippen LogP contribution in [-0.4, -0.2) is 53.7 Å². The Bertz CT molecular complexity index is 1050. The fourth-order valence-corrected chi connectivity index (χ4v) is 3.87. The molecule has 0 saturated carbocycles. The molecule has 1 saturated heterocycles. The number of aromatic nitrogens is 2. The highest BCUT2D eigenvalue weighted by Crippen LogP contribution is 2.26. The van der Waals surface area contributed by atoms with Gasteiger partial charge in [-0.15, -0.1) is 0 Å². The van der Waals surface area contributed by atoms with Gasteiger partial charge in [0.25, 0.3) is 5.88 Å². The summed E-state index contributed by atoms with van der Waals surface area (Å²) in [6.07, 6.45) is 1.80. The average Bonchev–Trinajstić information content (AvgIpc) is 2.81. The van der Waals surface area contributed by atoms with Crippen LogP contribution in [0.4, 0.5) is 10.6 Å². The molecule has 2 heterocycles. The Labute approximate surface area is 188 Å². The first-order valence-corrected chi connectivity index (χ1v) is 11.0. The van der Waals surface area contributed by atoms with Crippen LogP contribution >= 0.6 is 0 Å². The van der Waals surface area contributed by atoms with Crippen LogP contribution in [0.1, 0.15) is 25.3 Å². The van der Waals surface area contributed by atoms with Gasteiger partial charge in [0.15, 0.2) is 5.82 Å². The number of rotatable bonds is 7. The first-order chi connectivity index (χ1) is 15.6. The number of ether oxygens (including phenoxy) is 2. The van der Waals surface area contributed by atoms with E-state index in [1.807, 2.05) is 25.1 Å². The summed E-state index contributed by atoms with van der Waals surface area (Å²) >= 11 is 0. The van der Waals surface area contributed by atoms with Crippen molar-refractivity contribution in [3.05, 3.63) is 54.1 Å². The standard InChI is InChI=1S/C24H29N5O3/c1-3-32-23-22(26-21-15-19(31-2)9-10-20(21)27-23)28-24(30)25-18-11-13-29(14-12-18)16-17-7-5-4-6-8-17/h4-10,15,18H,3,11-14,16H2,1-2H3,(H2,25,26,28,30). The monoisotopic (exact) mass is 435 g/mol. The fourth-order valence-electron chi connectivity index (χ4n) is 3.87. The van der Waals surface area contributed by atoms with Crippen LogP contribution in [0.25, 0.3) is 11.0 Å². The lowest BCUT2D eigenvalue weighted by atomic mass is 10.0. The number of carbonyl (C=O) groups excluding carboxylic acids is 1. The van der Waals surface area contributed by atoms with Gasteiger partial charge in [-0.25, -0.2) is 14.8 Å². The number of anilines is 1. The molecule has 0 spiro atoms. The van der Waals surface area contributed by atoms with E-state index in [-0.39, 0.29) is 12.1 Å². The summed E-state index contributed by atoms with van der Waals surface area (Å²) in [5.41, 5.74) is 2.61. The fraction of sp³-hybridized carbons (Fsp3) is 0.375. The lowest BCUT2D eigenvalue weighted by Crippen LogP contribution is -2.45. The summed E-state index contributed by atoms with van der Waals surface area (Å²) in [7, 11) is 1.60. The normalized spacial score (nSPS) is 14.8. The number of nitrogens with zero attached hydrogens (tertiary/aromatic N) is 3. The lowest BCUT2D eigenvalue weighted by molar-refractivity contribution is 0.190. The van der Waals surface area contributed by atoms with Crippen molar-refractivity contribution >= 4 is 22.9 Å².